The van der Waals surface area contributed by atoms with Crippen LogP contribution in [0.2, 0.25) is 0 Å². The van der Waals surface area contributed by atoms with Crippen LogP contribution in [0.5, 0.6) is 0 Å². The van der Waals surface area contributed by atoms with E-state index in [0.29, 0.717) is 5.56 Å². The van der Waals surface area contributed by atoms with Gasteiger partial charge in [-0.15, -0.1) is 0 Å². The Hall–Kier alpha value is -2.62. The quantitative estimate of drug-likeness (QED) is 0.749. The molecule has 1 aromatic carbocycles. The third kappa shape index (κ3) is 2.72. The van der Waals surface area contributed by atoms with E-state index in [4.69, 9.17) is 4.74 Å². The summed E-state index contributed by atoms with van der Waals surface area (Å²) in [6.07, 6.45) is 6.33. The van der Waals surface area contributed by atoms with Crippen LogP contribution in [-0.2, 0) is 24.2 Å². The van der Waals surface area contributed by atoms with Crippen molar-refractivity contribution in [2.75, 3.05) is 0 Å². The Morgan fingerprint density at radius 1 is 1.17 bits per heavy atom. The van der Waals surface area contributed by atoms with E-state index < -0.39 is 0 Å². The van der Waals surface area contributed by atoms with Crippen LogP contribution < -0.4 is 0 Å². The highest BCUT2D eigenvalue weighted by molar-refractivity contribution is 5.96. The molecule has 4 nitrogen and oxygen atoms in total. The van der Waals surface area contributed by atoms with Crippen molar-refractivity contribution in [2.24, 2.45) is 0 Å². The summed E-state index contributed by atoms with van der Waals surface area (Å²) in [5.74, 6) is -0.302. The summed E-state index contributed by atoms with van der Waals surface area (Å²) in [5.41, 5.74) is 5.15. The Morgan fingerprint density at radius 3 is 2.96 bits per heavy atom. The van der Waals surface area contributed by atoms with E-state index in [-0.39, 0.29) is 12.6 Å². The fourth-order valence-electron chi connectivity index (χ4n) is 3.24. The van der Waals surface area contributed by atoms with Crippen LogP contribution in [0.1, 0.15) is 40.2 Å². The summed E-state index contributed by atoms with van der Waals surface area (Å²) in [7, 11) is 0. The van der Waals surface area contributed by atoms with Crippen LogP contribution in [0.15, 0.2) is 42.6 Å². The lowest BCUT2D eigenvalue weighted by atomic mass is 9.95. The van der Waals surface area contributed by atoms with Crippen molar-refractivity contribution in [3.63, 3.8) is 0 Å². The average Bonchev–Trinajstić information content (AvgIpc) is 2.98. The second kappa shape index (κ2) is 5.88. The molecule has 0 fully saturated rings. The number of ether oxygens (including phenoxy) is 1. The largest absolute Gasteiger partial charge is 0.456 e. The minimum absolute atomic E-state index is 0.197. The van der Waals surface area contributed by atoms with E-state index in [0.717, 1.165) is 29.4 Å². The first-order valence-electron chi connectivity index (χ1n) is 8.02. The van der Waals surface area contributed by atoms with Crippen molar-refractivity contribution < 1.29 is 9.53 Å². The number of nitrogens with one attached hydrogen (secondary N) is 1. The van der Waals surface area contributed by atoms with Gasteiger partial charge in [0, 0.05) is 22.8 Å². The average molecular weight is 306 g/mol. The number of carbonyl (C=O) groups is 1. The van der Waals surface area contributed by atoms with Gasteiger partial charge in [-0.3, -0.25) is 4.98 Å². The number of aromatic nitrogens is 2. The molecule has 4 heteroatoms. The molecule has 0 radical (unpaired) electrons. The standard InChI is InChI=1S/C19H18N2O2/c22-19(23-12-14-5-3-4-10-20-14)13-8-9-18-16(11-13)15-6-1-2-7-17(15)21-18/h3-5,8-11,21H,1-2,6-7,12H2. The summed E-state index contributed by atoms with van der Waals surface area (Å²) in [6, 6.07) is 11.3. The van der Waals surface area contributed by atoms with Gasteiger partial charge in [0.2, 0.25) is 0 Å². The van der Waals surface area contributed by atoms with Crippen LogP contribution in [0.4, 0.5) is 0 Å². The first-order chi connectivity index (χ1) is 11.3. The molecule has 0 saturated carbocycles. The molecule has 0 bridgehead atoms. The monoisotopic (exact) mass is 306 g/mol. The lowest BCUT2D eigenvalue weighted by Crippen LogP contribution is -2.06. The SMILES string of the molecule is O=C(OCc1ccccn1)c1ccc2[nH]c3c(c2c1)CCCC3. The summed E-state index contributed by atoms with van der Waals surface area (Å²) < 4.78 is 5.37. The Kier molecular flexibility index (Phi) is 3.58. The van der Waals surface area contributed by atoms with E-state index in [1.54, 1.807) is 6.20 Å². The van der Waals surface area contributed by atoms with Gasteiger partial charge in [-0.05, 0) is 61.6 Å². The first-order valence-corrected chi connectivity index (χ1v) is 8.02. The fraction of sp³-hybridized carbons (Fsp3) is 0.263. The Morgan fingerprint density at radius 2 is 2.09 bits per heavy atom. The highest BCUT2D eigenvalue weighted by Crippen LogP contribution is 2.29. The van der Waals surface area contributed by atoms with Crippen molar-refractivity contribution in [1.29, 1.82) is 0 Å². The molecule has 0 spiro atoms. The Balaban J connectivity index is 1.57. The van der Waals surface area contributed by atoms with Crippen LogP contribution in [-0.4, -0.2) is 15.9 Å². The maximum absolute atomic E-state index is 12.3. The number of hydrogen-bond donors (Lipinski definition) is 1. The molecule has 2 aromatic heterocycles. The normalized spacial score (nSPS) is 13.7. The first kappa shape index (κ1) is 14.0. The molecular formula is C19H18N2O2. The van der Waals surface area contributed by atoms with E-state index >= 15 is 0 Å². The summed E-state index contributed by atoms with van der Waals surface area (Å²) >= 11 is 0. The van der Waals surface area contributed by atoms with E-state index in [1.807, 2.05) is 36.4 Å². The van der Waals surface area contributed by atoms with Crippen molar-refractivity contribution in [3.8, 4) is 0 Å². The number of fused-ring (bicyclic) bond motifs is 3. The van der Waals surface area contributed by atoms with Crippen LogP contribution in [0.25, 0.3) is 10.9 Å². The predicted molar refractivity (Wildman–Crippen MR) is 88.3 cm³/mol. The van der Waals surface area contributed by atoms with E-state index in [9.17, 15) is 4.79 Å². The van der Waals surface area contributed by atoms with Gasteiger partial charge in [-0.2, -0.15) is 0 Å². The van der Waals surface area contributed by atoms with Crippen molar-refractivity contribution in [1.82, 2.24) is 9.97 Å². The lowest BCUT2D eigenvalue weighted by Gasteiger charge is -2.10. The molecule has 0 atom stereocenters. The second-order valence-electron chi connectivity index (χ2n) is 5.95. The summed E-state index contributed by atoms with van der Waals surface area (Å²) in [5, 5.41) is 1.16. The number of pyridine rings is 1. The highest BCUT2D eigenvalue weighted by Gasteiger charge is 2.17. The number of aryl methyl sites for hydroxylation is 2. The third-order valence-corrected chi connectivity index (χ3v) is 4.41. The number of aromatic amines is 1. The van der Waals surface area contributed by atoms with Crippen molar-refractivity contribution in [3.05, 3.63) is 65.1 Å². The molecular weight excluding hydrogens is 288 g/mol. The number of rotatable bonds is 3. The maximum atomic E-state index is 12.3. The van der Waals surface area contributed by atoms with Gasteiger partial charge >= 0.3 is 5.97 Å². The number of benzene rings is 1. The van der Waals surface area contributed by atoms with Crippen molar-refractivity contribution >= 4 is 16.9 Å². The van der Waals surface area contributed by atoms with E-state index in [2.05, 4.69) is 9.97 Å². The topological polar surface area (TPSA) is 55.0 Å². The highest BCUT2D eigenvalue weighted by atomic mass is 16.5. The molecule has 0 aliphatic heterocycles. The number of hydrogen-bond acceptors (Lipinski definition) is 3. The molecule has 2 heterocycles. The van der Waals surface area contributed by atoms with Crippen molar-refractivity contribution in [2.45, 2.75) is 32.3 Å². The molecule has 3 aromatic rings. The van der Waals surface area contributed by atoms with E-state index in [1.165, 1.54) is 24.1 Å². The molecule has 0 amide bonds. The fourth-order valence-corrected chi connectivity index (χ4v) is 3.24. The van der Waals surface area contributed by atoms with Gasteiger partial charge in [0.05, 0.1) is 11.3 Å². The summed E-state index contributed by atoms with van der Waals surface area (Å²) in [4.78, 5) is 19.9. The number of nitrogens with zero attached hydrogens (tertiary/aromatic N) is 1. The van der Waals surface area contributed by atoms with Gasteiger partial charge in [0.15, 0.2) is 0 Å². The number of carbonyl (C=O) groups excluding carboxylic acids is 1. The molecule has 116 valence electrons. The molecule has 23 heavy (non-hydrogen) atoms. The molecule has 1 aliphatic carbocycles. The van der Waals surface area contributed by atoms with Gasteiger partial charge in [-0.1, -0.05) is 6.07 Å². The van der Waals surface area contributed by atoms with Gasteiger partial charge < -0.3 is 9.72 Å². The Labute approximate surface area is 134 Å². The summed E-state index contributed by atoms with van der Waals surface area (Å²) in [6.45, 7) is 0.197. The zero-order valence-corrected chi connectivity index (χ0v) is 12.8. The minimum Gasteiger partial charge on any atom is -0.456 e. The minimum atomic E-state index is -0.302. The molecule has 4 rings (SSSR count). The van der Waals surface area contributed by atoms with Gasteiger partial charge in [0.1, 0.15) is 6.61 Å². The van der Waals surface area contributed by atoms with Gasteiger partial charge in [-0.25, -0.2) is 4.79 Å². The lowest BCUT2D eigenvalue weighted by molar-refractivity contribution is 0.0468. The zero-order valence-electron chi connectivity index (χ0n) is 12.8. The van der Waals surface area contributed by atoms with Gasteiger partial charge in [0.25, 0.3) is 0 Å². The van der Waals surface area contributed by atoms with Crippen LogP contribution in [0, 0.1) is 0 Å². The predicted octanol–water partition coefficient (Wildman–Crippen LogP) is 3.80. The maximum Gasteiger partial charge on any atom is 0.338 e. The Bertz CT molecular complexity index is 852. The van der Waals surface area contributed by atoms with Crippen LogP contribution in [0.3, 0.4) is 0 Å². The number of H-pyrrole nitrogens is 1. The second-order valence-corrected chi connectivity index (χ2v) is 5.95. The number of esters is 1. The molecule has 0 saturated heterocycles. The molecule has 1 N–H and O–H groups in total. The smallest absolute Gasteiger partial charge is 0.338 e. The zero-order chi connectivity index (χ0) is 15.6. The third-order valence-electron chi connectivity index (χ3n) is 4.41. The molecule has 1 aliphatic rings. The van der Waals surface area contributed by atoms with Crippen LogP contribution >= 0.6 is 0 Å². The molecule has 0 unspecified atom stereocenters.